The van der Waals surface area contributed by atoms with Crippen LogP contribution in [0.15, 0.2) is 48.8 Å². The Morgan fingerprint density at radius 2 is 1.20 bits per heavy atom. The van der Waals surface area contributed by atoms with E-state index in [9.17, 15) is 24.3 Å². The molecule has 0 spiro atoms. The Morgan fingerprint density at radius 1 is 0.652 bits per heavy atom. The van der Waals surface area contributed by atoms with Gasteiger partial charge in [0, 0.05) is 58.9 Å². The monoisotopic (exact) mass is 1260 g/mol. The van der Waals surface area contributed by atoms with E-state index in [0.29, 0.717) is 96.2 Å². The molecule has 0 radical (unpaired) electrons. The smallest absolute Gasteiger partial charge is 0.407 e. The van der Waals surface area contributed by atoms with Gasteiger partial charge in [0.25, 0.3) is 0 Å². The Labute approximate surface area is 546 Å². The van der Waals surface area contributed by atoms with Crippen molar-refractivity contribution < 1.29 is 38.5 Å². The molecule has 8 aliphatic rings. The lowest BCUT2D eigenvalue weighted by atomic mass is 9.43. The van der Waals surface area contributed by atoms with E-state index in [-0.39, 0.29) is 35.4 Å². The van der Waals surface area contributed by atoms with Crippen LogP contribution in [0.1, 0.15) is 210 Å². The molecule has 5 aromatic rings. The van der Waals surface area contributed by atoms with Crippen molar-refractivity contribution in [1.29, 1.82) is 0 Å². The SMILES string of the molecule is COC(=O)CC[C@@H](C)C1CCC2C3CCC4CC(O)(Cn5cc(-c6ccc7c8ccc(-c9cn(CC(=O)O[C@@H]%10CCC%11(C)C%12CCC%13(C)C(CCC%13[C@H](C)CCC(C)=O)C%12CC[C@@H]%11C%10)nn9)cc8n(CCNC(=O)OC(C)(C)C)c7c6)nn5)CCC4(C)C3CCC21C. The summed E-state index contributed by atoms with van der Waals surface area (Å²) in [5.41, 5.74) is 4.73. The van der Waals surface area contributed by atoms with Crippen LogP contribution >= 0.6 is 0 Å². The molecular weight excluding hydrogens is 1150 g/mol. The lowest BCUT2D eigenvalue weighted by Crippen LogP contribution is -2.56. The van der Waals surface area contributed by atoms with Crippen LogP contribution in [0.3, 0.4) is 0 Å². The van der Waals surface area contributed by atoms with Crippen LogP contribution in [0.4, 0.5) is 4.79 Å². The summed E-state index contributed by atoms with van der Waals surface area (Å²) in [6.45, 7) is 23.6. The number of amides is 1. The van der Waals surface area contributed by atoms with Gasteiger partial charge in [0.2, 0.25) is 0 Å². The number of benzene rings is 2. The molecule has 14 unspecified atom stereocenters. The quantitative estimate of drug-likeness (QED) is 0.0623. The number of methoxy groups -OCH3 is 1. The summed E-state index contributed by atoms with van der Waals surface area (Å²) in [6, 6.07) is 12.7. The van der Waals surface area contributed by atoms with Crippen molar-refractivity contribution in [3.8, 4) is 22.5 Å². The molecule has 13 rings (SSSR count). The van der Waals surface area contributed by atoms with Crippen molar-refractivity contribution in [2.24, 2.45) is 92.7 Å². The van der Waals surface area contributed by atoms with E-state index in [0.717, 1.165) is 126 Å². The summed E-state index contributed by atoms with van der Waals surface area (Å²) >= 11 is 0. The second kappa shape index (κ2) is 24.8. The van der Waals surface area contributed by atoms with Gasteiger partial charge in [-0.15, -0.1) is 10.2 Å². The van der Waals surface area contributed by atoms with Crippen LogP contribution in [0.2, 0.25) is 0 Å². The van der Waals surface area contributed by atoms with Crippen LogP contribution in [-0.4, -0.2) is 94.4 Å². The molecule has 0 aliphatic heterocycles. The molecule has 2 aromatic carbocycles. The number of carbonyl (C=O) groups is 4. The van der Waals surface area contributed by atoms with Gasteiger partial charge in [-0.05, 0) is 261 Å². The zero-order valence-corrected chi connectivity index (χ0v) is 57.4. The number of ether oxygens (including phenoxy) is 3. The second-order valence-electron chi connectivity index (χ2n) is 33.5. The highest BCUT2D eigenvalue weighted by molar-refractivity contribution is 6.10. The fourth-order valence-electron chi connectivity index (χ4n) is 22.9. The molecule has 8 fully saturated rings. The van der Waals surface area contributed by atoms with E-state index < -0.39 is 17.3 Å². The van der Waals surface area contributed by atoms with Crippen LogP contribution in [0.5, 0.6) is 0 Å². The number of aromatic nitrogens is 7. The van der Waals surface area contributed by atoms with Crippen molar-refractivity contribution in [1.82, 2.24) is 39.9 Å². The summed E-state index contributed by atoms with van der Waals surface area (Å²) in [5, 5.41) is 36.0. The summed E-state index contributed by atoms with van der Waals surface area (Å²) in [4.78, 5) is 50.7. The highest BCUT2D eigenvalue weighted by atomic mass is 16.6. The van der Waals surface area contributed by atoms with Crippen molar-refractivity contribution in [3.05, 3.63) is 48.8 Å². The molecule has 3 aromatic heterocycles. The van der Waals surface area contributed by atoms with Crippen LogP contribution in [-0.2, 0) is 48.2 Å². The number of nitrogens with zero attached hydrogens (tertiary/aromatic N) is 7. The third-order valence-electron chi connectivity index (χ3n) is 27.5. The maximum atomic E-state index is 13.8. The molecule has 18 atom stereocenters. The lowest BCUT2D eigenvalue weighted by molar-refractivity contribution is -0.163. The molecular formula is C76H108N8O8. The molecule has 8 aliphatic carbocycles. The second-order valence-corrected chi connectivity index (χ2v) is 33.5. The van der Waals surface area contributed by atoms with Gasteiger partial charge < -0.3 is 34.0 Å². The predicted octanol–water partition coefficient (Wildman–Crippen LogP) is 15.4. The highest BCUT2D eigenvalue weighted by Crippen LogP contribution is 2.71. The lowest BCUT2D eigenvalue weighted by Gasteiger charge is -2.62. The number of carbonyl (C=O) groups excluding carboxylic acids is 4. The minimum atomic E-state index is -0.877. The molecule has 8 saturated carbocycles. The molecule has 3 heterocycles. The fourth-order valence-corrected chi connectivity index (χ4v) is 22.9. The van der Waals surface area contributed by atoms with E-state index in [4.69, 9.17) is 19.3 Å². The minimum Gasteiger partial charge on any atom is -0.469 e. The standard InChI is InChI=1S/C76H108N8O8/c1-46(12-14-48(3)85)58-23-25-60-56-21-17-51-40-53(28-31-72(51,7)62(56)29-32-74(58,60)9)91-69(87)44-82-42-64(78-80-82)49-15-19-54-55-20-16-50(39-67(55)84(66(54)38-49)37-36-77-70(88)92-71(4,5)6)65-43-83(81-79-65)45-76(89)35-34-73(8)52(41-76)18-22-57-61-26-24-59(47(2)13-27-68(86)90-11)75(61,10)33-30-63(57)73/h15-16,19-20,38-39,42-43,46-47,51-53,56-63,89H,12-14,17-18,21-37,40-41,44-45H2,1-11H3,(H,77,88)/t46-,47-,51-,52?,53-,56?,57?,58?,59?,60?,61?,62?,63?,72?,73?,74?,75?,76?/m1/s1. The Hall–Kier alpha value is -5.64. The number of hydrogen-bond acceptors (Lipinski definition) is 12. The average Bonchev–Trinajstić information content (AvgIpc) is 1.25. The van der Waals surface area contributed by atoms with Crippen molar-refractivity contribution in [2.75, 3.05) is 13.7 Å². The van der Waals surface area contributed by atoms with E-state index in [1.807, 2.05) is 37.8 Å². The average molecular weight is 1260 g/mol. The minimum absolute atomic E-state index is 0.0152. The number of alkyl carbamates (subject to hydrolysis) is 1. The Kier molecular flexibility index (Phi) is 17.6. The number of aliphatic hydroxyl groups is 1. The Morgan fingerprint density at radius 3 is 1.78 bits per heavy atom. The third kappa shape index (κ3) is 12.1. The molecule has 0 saturated heterocycles. The van der Waals surface area contributed by atoms with Gasteiger partial charge in [0.05, 0.1) is 31.6 Å². The number of hydrogen-bond donors (Lipinski definition) is 2. The van der Waals surface area contributed by atoms with Gasteiger partial charge in [-0.3, -0.25) is 9.59 Å². The first-order chi connectivity index (χ1) is 43.8. The highest BCUT2D eigenvalue weighted by Gasteiger charge is 2.63. The van der Waals surface area contributed by atoms with Crippen LogP contribution in [0, 0.1) is 92.7 Å². The molecule has 92 heavy (non-hydrogen) atoms. The van der Waals surface area contributed by atoms with Crippen molar-refractivity contribution in [2.45, 2.75) is 247 Å². The van der Waals surface area contributed by atoms with E-state index >= 15 is 0 Å². The number of ketones is 1. The molecule has 2 N–H and O–H groups in total. The van der Waals surface area contributed by atoms with Gasteiger partial charge in [-0.2, -0.15) is 0 Å². The van der Waals surface area contributed by atoms with Crippen molar-refractivity contribution in [3.63, 3.8) is 0 Å². The molecule has 500 valence electrons. The van der Waals surface area contributed by atoms with Gasteiger partial charge in [-0.25, -0.2) is 14.2 Å². The number of nitrogens with one attached hydrogen (secondary N) is 1. The summed E-state index contributed by atoms with van der Waals surface area (Å²) in [5.74, 6) is 7.86. The van der Waals surface area contributed by atoms with Gasteiger partial charge >= 0.3 is 18.0 Å². The van der Waals surface area contributed by atoms with Gasteiger partial charge in [0.15, 0.2) is 0 Å². The summed E-state index contributed by atoms with van der Waals surface area (Å²) in [7, 11) is 1.50. The van der Waals surface area contributed by atoms with E-state index in [2.05, 4.69) is 103 Å². The molecule has 16 heteroatoms. The predicted molar refractivity (Wildman–Crippen MR) is 356 cm³/mol. The van der Waals surface area contributed by atoms with E-state index in [1.165, 1.54) is 77.7 Å². The summed E-state index contributed by atoms with van der Waals surface area (Å²) in [6.07, 6.45) is 27.1. The summed E-state index contributed by atoms with van der Waals surface area (Å²) < 4.78 is 22.6. The van der Waals surface area contributed by atoms with Crippen LogP contribution in [0.25, 0.3) is 44.3 Å². The van der Waals surface area contributed by atoms with Gasteiger partial charge in [0.1, 0.15) is 35.4 Å². The van der Waals surface area contributed by atoms with Crippen LogP contribution < -0.4 is 5.32 Å². The first-order valence-electron chi connectivity index (χ1n) is 36.1. The zero-order valence-electron chi connectivity index (χ0n) is 57.4. The van der Waals surface area contributed by atoms with E-state index in [1.54, 1.807) is 11.6 Å². The number of rotatable bonds is 18. The molecule has 16 nitrogen and oxygen atoms in total. The van der Waals surface area contributed by atoms with Gasteiger partial charge in [-0.1, -0.05) is 76.2 Å². The first kappa shape index (κ1) is 65.0. The third-order valence-corrected chi connectivity index (χ3v) is 27.5. The molecule has 0 bridgehead atoms. The number of fused-ring (bicyclic) bond motifs is 13. The topological polar surface area (TPSA) is 195 Å². The largest absolute Gasteiger partial charge is 0.469 e. The first-order valence-corrected chi connectivity index (χ1v) is 36.1. The maximum Gasteiger partial charge on any atom is 0.407 e. The Bertz CT molecular complexity index is 3560. The molecule has 1 amide bonds. The normalized spacial score (nSPS) is 35.6. The maximum absolute atomic E-state index is 13.8. The zero-order chi connectivity index (χ0) is 64.9. The fraction of sp³-hybridized carbons (Fsp3) is 0.737. The van der Waals surface area contributed by atoms with Crippen molar-refractivity contribution >= 4 is 45.6 Å². The Balaban J connectivity index is 0.661. The number of Topliss-reactive ketones (excluding diaryl/α,β-unsaturated/α-hetero) is 1. The number of esters is 2.